The number of carboxylic acid groups (broad SMARTS) is 1. The van der Waals surface area contributed by atoms with Crippen LogP contribution in [0.3, 0.4) is 0 Å². The molecule has 1 saturated heterocycles. The number of carbonyl (C=O) groups excluding carboxylic acids is 2. The van der Waals surface area contributed by atoms with Crippen molar-refractivity contribution < 1.29 is 33.7 Å². The zero-order valence-electron chi connectivity index (χ0n) is 27.8. The van der Waals surface area contributed by atoms with E-state index in [4.69, 9.17) is 19.9 Å². The molecule has 0 aromatic heterocycles. The van der Waals surface area contributed by atoms with E-state index < -0.39 is 45.1 Å². The van der Waals surface area contributed by atoms with Crippen LogP contribution in [0, 0.1) is 56.7 Å². The number of rotatable bonds is 7. The average Bonchev–Trinajstić information content (AvgIpc) is 2.89. The van der Waals surface area contributed by atoms with Crippen LogP contribution in [0.5, 0.6) is 0 Å². The monoisotopic (exact) mass is 601 g/mol. The van der Waals surface area contributed by atoms with Gasteiger partial charge in [-0.3, -0.25) is 14.4 Å². The molecular weight excluding hydrogens is 546 g/mol. The fourth-order valence-corrected chi connectivity index (χ4v) is 11.2. The molecule has 1 heterocycles. The first kappa shape index (κ1) is 32.6. The summed E-state index contributed by atoms with van der Waals surface area (Å²) in [5.41, 5.74) is 4.16. The van der Waals surface area contributed by atoms with E-state index in [9.17, 15) is 19.5 Å². The second kappa shape index (κ2) is 10.7. The van der Waals surface area contributed by atoms with E-state index in [1.807, 2.05) is 19.9 Å². The summed E-state index contributed by atoms with van der Waals surface area (Å²) in [7, 11) is 0. The number of carbonyl (C=O) groups is 3. The number of aliphatic carboxylic acids is 1. The van der Waals surface area contributed by atoms with Crippen molar-refractivity contribution >= 4 is 17.7 Å². The molecule has 43 heavy (non-hydrogen) atoms. The smallest absolute Gasteiger partial charge is 0.308 e. The Morgan fingerprint density at radius 2 is 1.77 bits per heavy atom. The molecule has 3 unspecified atom stereocenters. The minimum Gasteiger partial charge on any atom is -0.481 e. The second-order valence-corrected chi connectivity index (χ2v) is 16.3. The molecule has 0 radical (unpaired) electrons. The first-order chi connectivity index (χ1) is 19.9. The molecule has 5 rings (SSSR count). The Bertz CT molecular complexity index is 1200. The zero-order valence-corrected chi connectivity index (χ0v) is 27.8. The van der Waals surface area contributed by atoms with Crippen molar-refractivity contribution in [3.05, 3.63) is 11.6 Å². The highest BCUT2D eigenvalue weighted by molar-refractivity contribution is 6.00. The number of ketones is 1. The van der Waals surface area contributed by atoms with Crippen LogP contribution in [-0.2, 0) is 28.6 Å². The van der Waals surface area contributed by atoms with Crippen molar-refractivity contribution in [2.45, 2.75) is 113 Å². The lowest BCUT2D eigenvalue weighted by atomic mass is 9.34. The lowest BCUT2D eigenvalue weighted by molar-refractivity contribution is -0.266. The van der Waals surface area contributed by atoms with E-state index >= 15 is 0 Å². The minimum absolute atomic E-state index is 0.0395. The second-order valence-electron chi connectivity index (χ2n) is 16.3. The third-order valence-corrected chi connectivity index (χ3v) is 13.8. The molecule has 3 N–H and O–H groups in total. The Kier molecular flexibility index (Phi) is 8.08. The summed E-state index contributed by atoms with van der Waals surface area (Å²) in [6.07, 6.45) is 4.85. The van der Waals surface area contributed by atoms with Gasteiger partial charge in [0.15, 0.2) is 5.78 Å². The summed E-state index contributed by atoms with van der Waals surface area (Å²) in [6, 6.07) is -0.164. The van der Waals surface area contributed by atoms with E-state index in [1.165, 1.54) is 6.92 Å². The topological polar surface area (TPSA) is 125 Å². The molecule has 2 bridgehead atoms. The Labute approximate surface area is 257 Å². The fraction of sp³-hybridized carbons (Fsp3) is 0.857. The van der Waals surface area contributed by atoms with Gasteiger partial charge in [-0.15, -0.1) is 0 Å². The third kappa shape index (κ3) is 4.43. The van der Waals surface area contributed by atoms with Crippen LogP contribution in [0.2, 0.25) is 0 Å². The van der Waals surface area contributed by atoms with Crippen molar-refractivity contribution in [2.24, 2.45) is 62.4 Å². The number of fused-ring (bicyclic) bond motifs is 3. The molecule has 1 aliphatic heterocycles. The van der Waals surface area contributed by atoms with Gasteiger partial charge in [0.05, 0.1) is 25.7 Å². The highest BCUT2D eigenvalue weighted by Crippen LogP contribution is 2.74. The predicted molar refractivity (Wildman–Crippen MR) is 163 cm³/mol. The molecule has 0 spiro atoms. The van der Waals surface area contributed by atoms with Gasteiger partial charge in [0.1, 0.15) is 12.2 Å². The highest BCUT2D eigenvalue weighted by Gasteiger charge is 2.74. The van der Waals surface area contributed by atoms with Gasteiger partial charge in [0.2, 0.25) is 0 Å². The largest absolute Gasteiger partial charge is 0.481 e. The van der Waals surface area contributed by atoms with Crippen LogP contribution < -0.4 is 5.73 Å². The maximum absolute atomic E-state index is 14.7. The number of allylic oxidation sites excluding steroid dienone is 1. The quantitative estimate of drug-likeness (QED) is 0.371. The van der Waals surface area contributed by atoms with Crippen molar-refractivity contribution in [2.75, 3.05) is 19.8 Å². The average molecular weight is 602 g/mol. The van der Waals surface area contributed by atoms with Crippen molar-refractivity contribution in [3.8, 4) is 0 Å². The fourth-order valence-electron chi connectivity index (χ4n) is 11.2. The molecule has 8 heteroatoms. The van der Waals surface area contributed by atoms with Crippen LogP contribution >= 0.6 is 0 Å². The minimum atomic E-state index is -1.04. The van der Waals surface area contributed by atoms with Gasteiger partial charge in [0, 0.05) is 29.2 Å². The van der Waals surface area contributed by atoms with Crippen LogP contribution in [0.25, 0.3) is 0 Å². The van der Waals surface area contributed by atoms with Gasteiger partial charge >= 0.3 is 11.9 Å². The van der Waals surface area contributed by atoms with Crippen LogP contribution in [0.1, 0.15) is 94.4 Å². The summed E-state index contributed by atoms with van der Waals surface area (Å²) in [5.74, 6) is -1.43. The molecular formula is C35H55NO7. The molecule has 3 saturated carbocycles. The Morgan fingerprint density at radius 3 is 2.35 bits per heavy atom. The number of hydrogen-bond donors (Lipinski definition) is 2. The molecule has 8 nitrogen and oxygen atoms in total. The number of hydrogen-bond acceptors (Lipinski definition) is 7. The zero-order chi connectivity index (χ0) is 31.9. The van der Waals surface area contributed by atoms with E-state index in [0.717, 1.165) is 31.3 Å². The van der Waals surface area contributed by atoms with Crippen LogP contribution in [0.4, 0.5) is 0 Å². The molecule has 0 amide bonds. The van der Waals surface area contributed by atoms with Gasteiger partial charge in [-0.1, -0.05) is 54.0 Å². The van der Waals surface area contributed by atoms with Gasteiger partial charge in [-0.2, -0.15) is 0 Å². The summed E-state index contributed by atoms with van der Waals surface area (Å²) in [4.78, 5) is 40.4. The van der Waals surface area contributed by atoms with Gasteiger partial charge in [0.25, 0.3) is 0 Å². The normalized spacial score (nSPS) is 47.0. The van der Waals surface area contributed by atoms with Crippen LogP contribution in [-0.4, -0.2) is 60.9 Å². The van der Waals surface area contributed by atoms with E-state index in [2.05, 4.69) is 41.5 Å². The molecule has 5 aliphatic rings. The lowest BCUT2D eigenvalue weighted by Gasteiger charge is -2.70. The predicted octanol–water partition coefficient (Wildman–Crippen LogP) is 5.42. The van der Waals surface area contributed by atoms with Crippen molar-refractivity contribution in [3.63, 3.8) is 0 Å². The molecule has 242 valence electrons. The molecule has 0 aromatic carbocycles. The molecule has 4 fully saturated rings. The van der Waals surface area contributed by atoms with Crippen molar-refractivity contribution in [1.29, 1.82) is 0 Å². The van der Waals surface area contributed by atoms with Crippen LogP contribution in [0.15, 0.2) is 11.6 Å². The molecule has 12 atom stereocenters. The van der Waals surface area contributed by atoms with Gasteiger partial charge < -0.3 is 25.1 Å². The van der Waals surface area contributed by atoms with E-state index in [-0.39, 0.29) is 41.7 Å². The lowest BCUT2D eigenvalue weighted by Crippen LogP contribution is -2.71. The highest BCUT2D eigenvalue weighted by atomic mass is 16.6. The standard InChI is InChI=1S/C35H55NO7/c1-19(2)21(4)31(6)12-13-33(8)23-10-11-26-32(7)17-41-18-35(26,15-25(43-22(5)37)29(32)42-16-20(3)36)24(23)14-27(38)34(33,9)28(31)30(39)40/h14,19-21,23,25-26,28-29H,10-13,15-18,36H2,1-9H3,(H,39,40)/t20?,21-,23+,25-,26?,28-,29+,31-,32?,33-,34+,35+/m1/s1. The maximum atomic E-state index is 14.7. The maximum Gasteiger partial charge on any atom is 0.308 e. The third-order valence-electron chi connectivity index (χ3n) is 13.8. The number of esters is 1. The van der Waals surface area contributed by atoms with E-state index in [0.29, 0.717) is 32.2 Å². The van der Waals surface area contributed by atoms with Gasteiger partial charge in [-0.25, -0.2) is 0 Å². The summed E-state index contributed by atoms with van der Waals surface area (Å²) >= 11 is 0. The Balaban J connectivity index is 1.64. The molecule has 0 aromatic rings. The first-order valence-corrected chi connectivity index (χ1v) is 16.5. The Morgan fingerprint density at radius 1 is 1.09 bits per heavy atom. The van der Waals surface area contributed by atoms with Crippen molar-refractivity contribution in [1.82, 2.24) is 0 Å². The molecule has 4 aliphatic carbocycles. The Hall–Kier alpha value is -1.77. The number of nitrogens with two attached hydrogens (primary N) is 1. The summed E-state index contributed by atoms with van der Waals surface area (Å²) in [5, 5.41) is 10.9. The number of carboxylic acids is 1. The number of ether oxygens (including phenoxy) is 3. The summed E-state index contributed by atoms with van der Waals surface area (Å²) < 4.78 is 18.9. The van der Waals surface area contributed by atoms with Gasteiger partial charge in [-0.05, 0) is 79.6 Å². The summed E-state index contributed by atoms with van der Waals surface area (Å²) in [6.45, 7) is 19.5. The van der Waals surface area contributed by atoms with E-state index in [1.54, 1.807) is 0 Å². The SMILES string of the molecule is CC(=O)O[C@@H]1C[C@@]23COCC(C)(C2CC[C@H]2C3=CC(=O)[C@@]3(C)[C@H](C(=O)O)[C@@](C)([C@H](C)C(C)C)CC[C@]23C)[C@H]1OCC(C)N. The first-order valence-electron chi connectivity index (χ1n) is 16.5.